The SMILES string of the molecule is O=C(NCCS(=O)(=O)N1CCN(C(=O)c2ccco2)CC1)C1CC(=O)N(c2ccc(F)cc2)C1. The van der Waals surface area contributed by atoms with Crippen molar-refractivity contribution in [2.75, 3.05) is 49.9 Å². The molecule has 10 nitrogen and oxygen atoms in total. The van der Waals surface area contributed by atoms with Gasteiger partial charge in [-0.2, -0.15) is 4.31 Å². The summed E-state index contributed by atoms with van der Waals surface area (Å²) in [5.41, 5.74) is 0.508. The maximum atomic E-state index is 13.1. The summed E-state index contributed by atoms with van der Waals surface area (Å²) >= 11 is 0. The molecule has 2 saturated heterocycles. The fourth-order valence-corrected chi connectivity index (χ4v) is 5.39. The zero-order valence-corrected chi connectivity index (χ0v) is 19.2. The minimum atomic E-state index is -3.63. The smallest absolute Gasteiger partial charge is 0.289 e. The lowest BCUT2D eigenvalue weighted by molar-refractivity contribution is -0.126. The number of anilines is 1. The van der Waals surface area contributed by atoms with Gasteiger partial charge in [0.1, 0.15) is 5.82 Å². The number of nitrogens with one attached hydrogen (secondary N) is 1. The van der Waals surface area contributed by atoms with E-state index in [-0.39, 0.29) is 69.0 Å². The second-order valence-corrected chi connectivity index (χ2v) is 10.2. The van der Waals surface area contributed by atoms with Crippen LogP contribution in [0.2, 0.25) is 0 Å². The first-order valence-electron chi connectivity index (χ1n) is 10.9. The minimum absolute atomic E-state index is 0.00160. The molecule has 0 spiro atoms. The van der Waals surface area contributed by atoms with Gasteiger partial charge in [0, 0.05) is 51.4 Å². The van der Waals surface area contributed by atoms with Crippen LogP contribution >= 0.6 is 0 Å². The van der Waals surface area contributed by atoms with Crippen molar-refractivity contribution in [3.63, 3.8) is 0 Å². The summed E-state index contributed by atoms with van der Waals surface area (Å²) in [7, 11) is -3.63. The molecular weight excluding hydrogens is 467 g/mol. The lowest BCUT2D eigenvalue weighted by atomic mass is 10.1. The van der Waals surface area contributed by atoms with Gasteiger partial charge in [0.05, 0.1) is 17.9 Å². The Morgan fingerprint density at radius 2 is 1.79 bits per heavy atom. The number of halogens is 1. The molecule has 0 aliphatic carbocycles. The van der Waals surface area contributed by atoms with E-state index in [4.69, 9.17) is 4.42 Å². The van der Waals surface area contributed by atoms with Gasteiger partial charge in [-0.1, -0.05) is 0 Å². The molecule has 2 aliphatic rings. The van der Waals surface area contributed by atoms with Gasteiger partial charge in [-0.15, -0.1) is 0 Å². The van der Waals surface area contributed by atoms with E-state index in [0.717, 1.165) is 0 Å². The lowest BCUT2D eigenvalue weighted by Crippen LogP contribution is -2.51. The zero-order valence-electron chi connectivity index (χ0n) is 18.4. The Labute approximate surface area is 196 Å². The van der Waals surface area contributed by atoms with Crippen molar-refractivity contribution in [3.8, 4) is 0 Å². The molecule has 182 valence electrons. The van der Waals surface area contributed by atoms with Gasteiger partial charge < -0.3 is 19.5 Å². The van der Waals surface area contributed by atoms with Gasteiger partial charge in [0.2, 0.25) is 21.8 Å². The number of benzene rings is 1. The van der Waals surface area contributed by atoms with Crippen LogP contribution in [0.25, 0.3) is 0 Å². The molecule has 1 aromatic heterocycles. The largest absolute Gasteiger partial charge is 0.459 e. The Hall–Kier alpha value is -3.25. The van der Waals surface area contributed by atoms with E-state index in [2.05, 4.69) is 5.32 Å². The van der Waals surface area contributed by atoms with Crippen LogP contribution in [-0.4, -0.2) is 80.4 Å². The molecule has 4 rings (SSSR count). The third kappa shape index (κ3) is 5.28. The standard InChI is InChI=1S/C22H25FN4O6S/c23-17-3-5-18(6-4-17)27-15-16(14-20(27)28)21(29)24-7-13-34(31,32)26-10-8-25(9-11-26)22(30)19-2-1-12-33-19/h1-6,12,16H,7-11,13-15H2,(H,24,29). The molecule has 3 amide bonds. The number of hydrogen-bond acceptors (Lipinski definition) is 6. The van der Waals surface area contributed by atoms with Crippen molar-refractivity contribution in [1.82, 2.24) is 14.5 Å². The Kier molecular flexibility index (Phi) is 6.98. The first kappa shape index (κ1) is 23.9. The second kappa shape index (κ2) is 9.94. The van der Waals surface area contributed by atoms with Gasteiger partial charge in [-0.3, -0.25) is 14.4 Å². The molecule has 1 aromatic carbocycles. The van der Waals surface area contributed by atoms with Crippen LogP contribution in [0.1, 0.15) is 17.0 Å². The highest BCUT2D eigenvalue weighted by Gasteiger charge is 2.35. The highest BCUT2D eigenvalue weighted by Crippen LogP contribution is 2.25. The molecule has 2 fully saturated rings. The maximum Gasteiger partial charge on any atom is 0.289 e. The first-order valence-corrected chi connectivity index (χ1v) is 12.5. The number of hydrogen-bond donors (Lipinski definition) is 1. The van der Waals surface area contributed by atoms with Crippen LogP contribution in [0.15, 0.2) is 47.1 Å². The van der Waals surface area contributed by atoms with Crippen LogP contribution in [0.4, 0.5) is 10.1 Å². The molecule has 0 radical (unpaired) electrons. The van der Waals surface area contributed by atoms with Crippen molar-refractivity contribution in [2.24, 2.45) is 5.92 Å². The van der Waals surface area contributed by atoms with Crippen molar-refractivity contribution >= 4 is 33.4 Å². The molecule has 3 heterocycles. The summed E-state index contributed by atoms with van der Waals surface area (Å²) in [5.74, 6) is -2.04. The van der Waals surface area contributed by atoms with Gasteiger partial charge >= 0.3 is 0 Å². The third-order valence-electron chi connectivity index (χ3n) is 5.94. The summed E-state index contributed by atoms with van der Waals surface area (Å²) in [6.45, 7) is 0.866. The minimum Gasteiger partial charge on any atom is -0.459 e. The highest BCUT2D eigenvalue weighted by atomic mass is 32.2. The van der Waals surface area contributed by atoms with E-state index in [0.29, 0.717) is 5.69 Å². The summed E-state index contributed by atoms with van der Waals surface area (Å²) in [4.78, 5) is 40.1. The molecule has 12 heteroatoms. The number of rotatable bonds is 7. The van der Waals surface area contributed by atoms with E-state index >= 15 is 0 Å². The van der Waals surface area contributed by atoms with Crippen LogP contribution in [-0.2, 0) is 19.6 Å². The number of carbonyl (C=O) groups is 3. The third-order valence-corrected chi connectivity index (χ3v) is 7.82. The molecule has 1 atom stereocenters. The predicted octanol–water partition coefficient (Wildman–Crippen LogP) is 0.676. The Balaban J connectivity index is 1.23. The Morgan fingerprint density at radius 1 is 1.09 bits per heavy atom. The lowest BCUT2D eigenvalue weighted by Gasteiger charge is -2.33. The van der Waals surface area contributed by atoms with E-state index in [9.17, 15) is 27.2 Å². The van der Waals surface area contributed by atoms with E-state index in [1.165, 1.54) is 44.6 Å². The molecule has 1 N–H and O–H groups in total. The molecular formula is C22H25FN4O6S. The maximum absolute atomic E-state index is 13.1. The summed E-state index contributed by atoms with van der Waals surface area (Å²) < 4.78 is 44.9. The molecule has 0 bridgehead atoms. The van der Waals surface area contributed by atoms with Crippen LogP contribution in [0.5, 0.6) is 0 Å². The average molecular weight is 493 g/mol. The van der Waals surface area contributed by atoms with Gasteiger partial charge in [0.15, 0.2) is 5.76 Å². The fourth-order valence-electron chi connectivity index (χ4n) is 4.06. The van der Waals surface area contributed by atoms with E-state index in [1.807, 2.05) is 0 Å². The fraction of sp³-hybridized carbons (Fsp3) is 0.409. The molecule has 2 aromatic rings. The van der Waals surface area contributed by atoms with Crippen LogP contribution < -0.4 is 10.2 Å². The Morgan fingerprint density at radius 3 is 2.44 bits per heavy atom. The van der Waals surface area contributed by atoms with Gasteiger partial charge in [0.25, 0.3) is 5.91 Å². The average Bonchev–Trinajstić information content (AvgIpc) is 3.49. The number of piperazine rings is 1. The monoisotopic (exact) mass is 492 g/mol. The molecule has 0 saturated carbocycles. The quantitative estimate of drug-likeness (QED) is 0.607. The number of sulfonamides is 1. The first-order chi connectivity index (χ1) is 16.2. The van der Waals surface area contributed by atoms with Gasteiger partial charge in [-0.05, 0) is 36.4 Å². The highest BCUT2D eigenvalue weighted by molar-refractivity contribution is 7.89. The Bertz CT molecular complexity index is 1140. The van der Waals surface area contributed by atoms with Crippen molar-refractivity contribution < 1.29 is 31.6 Å². The van der Waals surface area contributed by atoms with E-state index < -0.39 is 27.7 Å². The number of amides is 3. The van der Waals surface area contributed by atoms with Gasteiger partial charge in [-0.25, -0.2) is 12.8 Å². The number of carbonyl (C=O) groups excluding carboxylic acids is 3. The number of furan rings is 1. The van der Waals surface area contributed by atoms with Crippen molar-refractivity contribution in [3.05, 3.63) is 54.2 Å². The van der Waals surface area contributed by atoms with Crippen LogP contribution in [0, 0.1) is 11.7 Å². The predicted molar refractivity (Wildman–Crippen MR) is 120 cm³/mol. The normalized spacial score (nSPS) is 19.4. The summed E-state index contributed by atoms with van der Waals surface area (Å²) in [6.07, 6.45) is 1.41. The zero-order chi connectivity index (χ0) is 24.3. The van der Waals surface area contributed by atoms with Crippen molar-refractivity contribution in [1.29, 1.82) is 0 Å². The van der Waals surface area contributed by atoms with E-state index in [1.54, 1.807) is 12.1 Å². The molecule has 34 heavy (non-hydrogen) atoms. The van der Waals surface area contributed by atoms with Crippen molar-refractivity contribution in [2.45, 2.75) is 6.42 Å². The summed E-state index contributed by atoms with van der Waals surface area (Å²) in [5, 5.41) is 2.61. The summed E-state index contributed by atoms with van der Waals surface area (Å²) in [6, 6.07) is 8.61. The second-order valence-electron chi connectivity index (χ2n) is 8.16. The topological polar surface area (TPSA) is 120 Å². The molecule has 2 aliphatic heterocycles. The van der Waals surface area contributed by atoms with Crippen LogP contribution in [0.3, 0.4) is 0 Å². The molecule has 1 unspecified atom stereocenters. The number of nitrogens with zero attached hydrogens (tertiary/aromatic N) is 3.